The van der Waals surface area contributed by atoms with Gasteiger partial charge in [-0.15, -0.1) is 10.2 Å². The zero-order chi connectivity index (χ0) is 11.5. The molecule has 2 N–H and O–H groups in total. The highest BCUT2D eigenvalue weighted by atomic mass is 16.4. The van der Waals surface area contributed by atoms with Crippen molar-refractivity contribution >= 4 is 5.97 Å². The predicted molar refractivity (Wildman–Crippen MR) is 56.7 cm³/mol. The third-order valence-corrected chi connectivity index (χ3v) is 3.15. The van der Waals surface area contributed by atoms with E-state index in [1.165, 1.54) is 0 Å². The van der Waals surface area contributed by atoms with Crippen molar-refractivity contribution in [2.24, 2.45) is 5.92 Å². The Kier molecular flexibility index (Phi) is 3.19. The second-order valence-electron chi connectivity index (χ2n) is 4.04. The molecule has 1 aliphatic rings. The van der Waals surface area contributed by atoms with Gasteiger partial charge in [0.25, 0.3) is 0 Å². The first-order valence-electron chi connectivity index (χ1n) is 5.55. The number of nitrogens with one attached hydrogen (secondary N) is 1. The monoisotopic (exact) mass is 224 g/mol. The Hall–Kier alpha value is -1.43. The van der Waals surface area contributed by atoms with Gasteiger partial charge >= 0.3 is 5.97 Å². The van der Waals surface area contributed by atoms with Gasteiger partial charge in [0.15, 0.2) is 0 Å². The van der Waals surface area contributed by atoms with Gasteiger partial charge in [0.05, 0.1) is 12.5 Å². The van der Waals surface area contributed by atoms with Crippen LogP contribution in [0, 0.1) is 5.92 Å². The molecule has 2 rings (SSSR count). The van der Waals surface area contributed by atoms with Crippen LogP contribution in [0.3, 0.4) is 0 Å². The number of aliphatic carboxylic acids is 1. The van der Waals surface area contributed by atoms with Gasteiger partial charge < -0.3 is 15.0 Å². The van der Waals surface area contributed by atoms with Crippen molar-refractivity contribution in [2.75, 3.05) is 0 Å². The van der Waals surface area contributed by atoms with Gasteiger partial charge in [-0.1, -0.05) is 0 Å². The minimum Gasteiger partial charge on any atom is -0.481 e. The molecule has 2 atom stereocenters. The molecule has 1 fully saturated rings. The molecule has 2 unspecified atom stereocenters. The maximum Gasteiger partial charge on any atom is 0.308 e. The largest absolute Gasteiger partial charge is 0.481 e. The first kappa shape index (κ1) is 11.1. The Labute approximate surface area is 93.7 Å². The molecule has 6 nitrogen and oxygen atoms in total. The Morgan fingerprint density at radius 1 is 1.69 bits per heavy atom. The summed E-state index contributed by atoms with van der Waals surface area (Å²) >= 11 is 0. The number of nitrogens with zero attached hydrogens (tertiary/aromatic N) is 3. The van der Waals surface area contributed by atoms with Gasteiger partial charge in [-0.3, -0.25) is 4.79 Å². The first-order chi connectivity index (χ1) is 7.72. The number of hydrogen-bond acceptors (Lipinski definition) is 4. The van der Waals surface area contributed by atoms with Crippen molar-refractivity contribution in [1.82, 2.24) is 20.1 Å². The highest BCUT2D eigenvalue weighted by Gasteiger charge is 2.36. The SMILES string of the molecule is CCn1cnnc1CNC1CCC1C(=O)O. The van der Waals surface area contributed by atoms with Gasteiger partial charge in [-0.25, -0.2) is 0 Å². The lowest BCUT2D eigenvalue weighted by Crippen LogP contribution is -2.47. The lowest BCUT2D eigenvalue weighted by molar-refractivity contribution is -0.146. The van der Waals surface area contributed by atoms with Crippen molar-refractivity contribution < 1.29 is 9.90 Å². The van der Waals surface area contributed by atoms with Gasteiger partial charge in [-0.2, -0.15) is 0 Å². The molecular formula is C10H16N4O2. The molecule has 6 heteroatoms. The number of carboxylic acids is 1. The molecule has 0 spiro atoms. The molecule has 1 aliphatic carbocycles. The summed E-state index contributed by atoms with van der Waals surface area (Å²) in [6.07, 6.45) is 3.39. The highest BCUT2D eigenvalue weighted by molar-refractivity contribution is 5.72. The zero-order valence-corrected chi connectivity index (χ0v) is 9.26. The topological polar surface area (TPSA) is 80.0 Å². The Morgan fingerprint density at radius 2 is 2.50 bits per heavy atom. The molecule has 1 saturated carbocycles. The van der Waals surface area contributed by atoms with E-state index < -0.39 is 5.97 Å². The van der Waals surface area contributed by atoms with Crippen LogP contribution in [0.1, 0.15) is 25.6 Å². The summed E-state index contributed by atoms with van der Waals surface area (Å²) < 4.78 is 1.95. The minimum atomic E-state index is -0.708. The third-order valence-electron chi connectivity index (χ3n) is 3.15. The van der Waals surface area contributed by atoms with Crippen molar-refractivity contribution in [3.05, 3.63) is 12.2 Å². The van der Waals surface area contributed by atoms with Crippen LogP contribution >= 0.6 is 0 Å². The van der Waals surface area contributed by atoms with Crippen LogP contribution in [0.5, 0.6) is 0 Å². The fourth-order valence-corrected chi connectivity index (χ4v) is 1.94. The highest BCUT2D eigenvalue weighted by Crippen LogP contribution is 2.27. The molecule has 0 amide bonds. The molecule has 0 radical (unpaired) electrons. The summed E-state index contributed by atoms with van der Waals surface area (Å²) in [5, 5.41) is 19.9. The number of carbonyl (C=O) groups is 1. The van der Waals surface area contributed by atoms with Crippen LogP contribution in [0.25, 0.3) is 0 Å². The van der Waals surface area contributed by atoms with Crippen LogP contribution in [-0.2, 0) is 17.9 Å². The van der Waals surface area contributed by atoms with E-state index in [0.29, 0.717) is 6.54 Å². The molecule has 1 aromatic rings. The molecular weight excluding hydrogens is 208 g/mol. The lowest BCUT2D eigenvalue weighted by Gasteiger charge is -2.33. The summed E-state index contributed by atoms with van der Waals surface area (Å²) in [5.41, 5.74) is 0. The molecule has 1 heterocycles. The fraction of sp³-hybridized carbons (Fsp3) is 0.700. The number of aryl methyl sites for hydroxylation is 1. The number of hydrogen-bond donors (Lipinski definition) is 2. The van der Waals surface area contributed by atoms with Gasteiger partial charge in [0.2, 0.25) is 0 Å². The molecule has 0 bridgehead atoms. The molecule has 0 saturated heterocycles. The van der Waals surface area contributed by atoms with Crippen LogP contribution in [0.4, 0.5) is 0 Å². The Bertz CT molecular complexity index is 377. The number of carboxylic acid groups (broad SMARTS) is 1. The van der Waals surface area contributed by atoms with E-state index in [4.69, 9.17) is 5.11 Å². The Morgan fingerprint density at radius 3 is 3.06 bits per heavy atom. The Balaban J connectivity index is 1.86. The van der Waals surface area contributed by atoms with Crippen molar-refractivity contribution in [3.63, 3.8) is 0 Å². The summed E-state index contributed by atoms with van der Waals surface area (Å²) in [5.74, 6) is -0.0859. The smallest absolute Gasteiger partial charge is 0.308 e. The van der Waals surface area contributed by atoms with E-state index in [1.807, 2.05) is 11.5 Å². The van der Waals surface area contributed by atoms with Crippen molar-refractivity contribution in [1.29, 1.82) is 0 Å². The lowest BCUT2D eigenvalue weighted by atomic mass is 9.79. The molecule has 0 aliphatic heterocycles. The average molecular weight is 224 g/mol. The predicted octanol–water partition coefficient (Wildman–Crippen LogP) is 0.251. The van der Waals surface area contributed by atoms with E-state index in [2.05, 4.69) is 15.5 Å². The van der Waals surface area contributed by atoms with E-state index in [9.17, 15) is 4.79 Å². The van der Waals surface area contributed by atoms with Crippen molar-refractivity contribution in [3.8, 4) is 0 Å². The van der Waals surface area contributed by atoms with Crippen LogP contribution in [0.2, 0.25) is 0 Å². The summed E-state index contributed by atoms with van der Waals surface area (Å²) in [6, 6.07) is 0.0829. The maximum atomic E-state index is 10.8. The van der Waals surface area contributed by atoms with Gasteiger partial charge in [0, 0.05) is 12.6 Å². The molecule has 88 valence electrons. The first-order valence-corrected chi connectivity index (χ1v) is 5.55. The van der Waals surface area contributed by atoms with Crippen molar-refractivity contribution in [2.45, 2.75) is 38.9 Å². The molecule has 16 heavy (non-hydrogen) atoms. The van der Waals surface area contributed by atoms with Gasteiger partial charge in [-0.05, 0) is 19.8 Å². The number of aromatic nitrogens is 3. The quantitative estimate of drug-likeness (QED) is 0.749. The van der Waals surface area contributed by atoms with Crippen LogP contribution in [-0.4, -0.2) is 31.9 Å². The summed E-state index contributed by atoms with van der Waals surface area (Å²) in [4.78, 5) is 10.8. The third kappa shape index (κ3) is 2.06. The van der Waals surface area contributed by atoms with E-state index in [1.54, 1.807) is 6.33 Å². The van der Waals surface area contributed by atoms with Crippen LogP contribution in [0.15, 0.2) is 6.33 Å². The fourth-order valence-electron chi connectivity index (χ4n) is 1.94. The summed E-state index contributed by atoms with van der Waals surface area (Å²) in [7, 11) is 0. The maximum absolute atomic E-state index is 10.8. The van der Waals surface area contributed by atoms with Crippen LogP contribution < -0.4 is 5.32 Å². The molecule has 1 aromatic heterocycles. The summed E-state index contributed by atoms with van der Waals surface area (Å²) in [6.45, 7) is 3.44. The zero-order valence-electron chi connectivity index (χ0n) is 9.26. The van der Waals surface area contributed by atoms with E-state index in [0.717, 1.165) is 25.2 Å². The normalized spacial score (nSPS) is 24.1. The molecule has 0 aromatic carbocycles. The second-order valence-corrected chi connectivity index (χ2v) is 4.04. The van der Waals surface area contributed by atoms with E-state index in [-0.39, 0.29) is 12.0 Å². The van der Waals surface area contributed by atoms with E-state index >= 15 is 0 Å². The average Bonchev–Trinajstić information content (AvgIpc) is 2.62. The number of rotatable bonds is 5. The standard InChI is InChI=1S/C10H16N4O2/c1-2-14-6-12-13-9(14)5-11-8-4-3-7(8)10(15)16/h6-8,11H,2-5H2,1H3,(H,15,16). The second kappa shape index (κ2) is 4.61. The van der Waals surface area contributed by atoms with Gasteiger partial charge in [0.1, 0.15) is 12.2 Å². The minimum absolute atomic E-state index is 0.0829.